The Balaban J connectivity index is 2.15. The van der Waals surface area contributed by atoms with Crippen molar-refractivity contribution >= 4 is 23.2 Å². The molecule has 3 heteroatoms. The van der Waals surface area contributed by atoms with E-state index in [9.17, 15) is 0 Å². The number of rotatable bonds is 3. The average Bonchev–Trinajstić information content (AvgIpc) is 2.91. The summed E-state index contributed by atoms with van der Waals surface area (Å²) in [6.45, 7) is 2.16. The first-order valence-corrected chi connectivity index (χ1v) is 7.66. The van der Waals surface area contributed by atoms with Crippen LogP contribution in [0.1, 0.15) is 12.5 Å². The highest BCUT2D eigenvalue weighted by molar-refractivity contribution is 6.35. The van der Waals surface area contributed by atoms with Gasteiger partial charge in [-0.2, -0.15) is 0 Å². The van der Waals surface area contributed by atoms with Crippen molar-refractivity contribution in [1.29, 1.82) is 0 Å². The predicted molar refractivity (Wildman–Crippen MR) is 91.1 cm³/mol. The van der Waals surface area contributed by atoms with Gasteiger partial charge in [-0.1, -0.05) is 60.5 Å². The third-order valence-corrected chi connectivity index (χ3v) is 4.01. The highest BCUT2D eigenvalue weighted by Crippen LogP contribution is 2.35. The van der Waals surface area contributed by atoms with E-state index in [4.69, 9.17) is 23.2 Å². The van der Waals surface area contributed by atoms with Crippen LogP contribution in [0.2, 0.25) is 10.0 Å². The van der Waals surface area contributed by atoms with Crippen LogP contribution in [0.3, 0.4) is 0 Å². The number of aromatic amines is 1. The Morgan fingerprint density at radius 3 is 2.19 bits per heavy atom. The largest absolute Gasteiger partial charge is 0.360 e. The zero-order valence-corrected chi connectivity index (χ0v) is 13.2. The van der Waals surface area contributed by atoms with E-state index < -0.39 is 0 Å². The molecule has 0 aliphatic heterocycles. The molecule has 0 atom stereocenters. The number of nitrogens with one attached hydrogen (secondary N) is 1. The average molecular weight is 316 g/mol. The van der Waals surface area contributed by atoms with Gasteiger partial charge in [-0.25, -0.2) is 0 Å². The van der Waals surface area contributed by atoms with Gasteiger partial charge in [-0.3, -0.25) is 0 Å². The van der Waals surface area contributed by atoms with Gasteiger partial charge in [-0.05, 0) is 41.3 Å². The molecular weight excluding hydrogens is 301 g/mol. The maximum Gasteiger partial charge on any atom is 0.0492 e. The molecule has 1 N–H and O–H groups in total. The minimum Gasteiger partial charge on any atom is -0.360 e. The molecule has 3 aromatic rings. The van der Waals surface area contributed by atoms with Crippen molar-refractivity contribution in [2.45, 2.75) is 13.3 Å². The normalized spacial score (nSPS) is 10.8. The number of benzene rings is 2. The van der Waals surface area contributed by atoms with Crippen LogP contribution in [0, 0.1) is 0 Å². The summed E-state index contributed by atoms with van der Waals surface area (Å²) < 4.78 is 0. The SMILES string of the molecule is CCc1c(-c2cc(Cl)cc(Cl)c2)c[nH]c1-c1ccccc1. The molecule has 0 fully saturated rings. The molecule has 21 heavy (non-hydrogen) atoms. The molecular formula is C18H15Cl2N. The lowest BCUT2D eigenvalue weighted by Crippen LogP contribution is -1.87. The molecule has 2 aromatic carbocycles. The molecule has 0 amide bonds. The lowest BCUT2D eigenvalue weighted by Gasteiger charge is -2.07. The predicted octanol–water partition coefficient (Wildman–Crippen LogP) is 6.22. The molecule has 1 aromatic heterocycles. The number of halogens is 2. The van der Waals surface area contributed by atoms with Gasteiger partial charge in [0.2, 0.25) is 0 Å². The van der Waals surface area contributed by atoms with Crippen LogP contribution in [-0.4, -0.2) is 4.98 Å². The number of aromatic nitrogens is 1. The second-order valence-electron chi connectivity index (χ2n) is 4.93. The van der Waals surface area contributed by atoms with Crippen LogP contribution in [-0.2, 0) is 6.42 Å². The molecule has 0 aliphatic carbocycles. The van der Waals surface area contributed by atoms with E-state index in [1.807, 2.05) is 36.5 Å². The van der Waals surface area contributed by atoms with E-state index in [2.05, 4.69) is 24.0 Å². The summed E-state index contributed by atoms with van der Waals surface area (Å²) >= 11 is 12.2. The van der Waals surface area contributed by atoms with E-state index in [1.165, 1.54) is 11.1 Å². The van der Waals surface area contributed by atoms with Crippen molar-refractivity contribution in [3.63, 3.8) is 0 Å². The Morgan fingerprint density at radius 1 is 0.905 bits per heavy atom. The third-order valence-electron chi connectivity index (χ3n) is 3.58. The van der Waals surface area contributed by atoms with E-state index in [-0.39, 0.29) is 0 Å². The van der Waals surface area contributed by atoms with Crippen LogP contribution in [0.25, 0.3) is 22.4 Å². The molecule has 0 aliphatic rings. The van der Waals surface area contributed by atoms with Crippen molar-refractivity contribution < 1.29 is 0 Å². The summed E-state index contributed by atoms with van der Waals surface area (Å²) in [5.74, 6) is 0. The lowest BCUT2D eigenvalue weighted by atomic mass is 9.98. The first-order valence-electron chi connectivity index (χ1n) is 6.91. The minimum atomic E-state index is 0.655. The summed E-state index contributed by atoms with van der Waals surface area (Å²) in [5.41, 5.74) is 5.82. The van der Waals surface area contributed by atoms with Crippen LogP contribution in [0.15, 0.2) is 54.7 Å². The molecule has 0 saturated carbocycles. The van der Waals surface area contributed by atoms with Gasteiger partial charge >= 0.3 is 0 Å². The van der Waals surface area contributed by atoms with E-state index in [0.717, 1.165) is 23.2 Å². The van der Waals surface area contributed by atoms with Crippen LogP contribution >= 0.6 is 23.2 Å². The maximum absolute atomic E-state index is 6.12. The van der Waals surface area contributed by atoms with E-state index >= 15 is 0 Å². The van der Waals surface area contributed by atoms with Crippen molar-refractivity contribution in [3.8, 4) is 22.4 Å². The van der Waals surface area contributed by atoms with Crippen molar-refractivity contribution in [2.75, 3.05) is 0 Å². The zero-order chi connectivity index (χ0) is 14.8. The number of H-pyrrole nitrogens is 1. The van der Waals surface area contributed by atoms with Crippen molar-refractivity contribution in [3.05, 3.63) is 70.3 Å². The van der Waals surface area contributed by atoms with Gasteiger partial charge < -0.3 is 4.98 Å². The van der Waals surface area contributed by atoms with Gasteiger partial charge in [-0.15, -0.1) is 0 Å². The fourth-order valence-corrected chi connectivity index (χ4v) is 3.18. The van der Waals surface area contributed by atoms with Gasteiger partial charge in [0.25, 0.3) is 0 Å². The fraction of sp³-hybridized carbons (Fsp3) is 0.111. The van der Waals surface area contributed by atoms with Gasteiger partial charge in [0.1, 0.15) is 0 Å². The van der Waals surface area contributed by atoms with Gasteiger partial charge in [0.05, 0.1) is 0 Å². The van der Waals surface area contributed by atoms with E-state index in [0.29, 0.717) is 10.0 Å². The first kappa shape index (κ1) is 14.2. The molecule has 0 unspecified atom stereocenters. The summed E-state index contributed by atoms with van der Waals surface area (Å²) in [5, 5.41) is 1.31. The molecule has 0 saturated heterocycles. The van der Waals surface area contributed by atoms with Crippen LogP contribution < -0.4 is 0 Å². The highest BCUT2D eigenvalue weighted by Gasteiger charge is 2.13. The molecule has 0 spiro atoms. The standard InChI is InChI=1S/C18H15Cl2N/c1-2-16-17(13-8-14(19)10-15(20)9-13)11-21-18(16)12-6-4-3-5-7-12/h3-11,21H,2H2,1H3. The Kier molecular flexibility index (Phi) is 4.05. The summed E-state index contributed by atoms with van der Waals surface area (Å²) in [7, 11) is 0. The summed E-state index contributed by atoms with van der Waals surface area (Å²) in [6, 6.07) is 16.0. The van der Waals surface area contributed by atoms with Gasteiger partial charge in [0.15, 0.2) is 0 Å². The van der Waals surface area contributed by atoms with Crippen molar-refractivity contribution in [2.24, 2.45) is 0 Å². The summed E-state index contributed by atoms with van der Waals surface area (Å²) in [6.07, 6.45) is 2.97. The quantitative estimate of drug-likeness (QED) is 0.590. The van der Waals surface area contributed by atoms with E-state index in [1.54, 1.807) is 6.07 Å². The van der Waals surface area contributed by atoms with Gasteiger partial charge in [0, 0.05) is 27.5 Å². The Morgan fingerprint density at radius 2 is 1.57 bits per heavy atom. The molecule has 106 valence electrons. The Hall–Kier alpha value is -1.70. The monoisotopic (exact) mass is 315 g/mol. The van der Waals surface area contributed by atoms with Crippen molar-refractivity contribution in [1.82, 2.24) is 4.98 Å². The smallest absolute Gasteiger partial charge is 0.0492 e. The second kappa shape index (κ2) is 5.97. The molecule has 1 heterocycles. The Bertz CT molecular complexity index is 740. The number of hydrogen-bond donors (Lipinski definition) is 1. The Labute approximate surface area is 134 Å². The first-order chi connectivity index (χ1) is 10.2. The number of hydrogen-bond acceptors (Lipinski definition) is 0. The highest BCUT2D eigenvalue weighted by atomic mass is 35.5. The third kappa shape index (κ3) is 2.85. The fourth-order valence-electron chi connectivity index (χ4n) is 2.65. The molecule has 1 nitrogen and oxygen atoms in total. The molecule has 0 bridgehead atoms. The second-order valence-corrected chi connectivity index (χ2v) is 5.81. The topological polar surface area (TPSA) is 15.8 Å². The lowest BCUT2D eigenvalue weighted by molar-refractivity contribution is 1.15. The zero-order valence-electron chi connectivity index (χ0n) is 11.7. The molecule has 3 rings (SSSR count). The molecule has 0 radical (unpaired) electrons. The summed E-state index contributed by atoms with van der Waals surface area (Å²) in [4.78, 5) is 3.39. The van der Waals surface area contributed by atoms with Crippen LogP contribution in [0.4, 0.5) is 0 Å². The maximum atomic E-state index is 6.12. The van der Waals surface area contributed by atoms with Crippen LogP contribution in [0.5, 0.6) is 0 Å². The minimum absolute atomic E-state index is 0.655.